The molecule has 0 fully saturated rings. The molecule has 0 saturated heterocycles. The molecule has 5 nitrogen and oxygen atoms in total. The van der Waals surface area contributed by atoms with E-state index in [9.17, 15) is 0 Å². The summed E-state index contributed by atoms with van der Waals surface area (Å²) in [5.74, 6) is 1.82. The average Bonchev–Trinajstić information content (AvgIpc) is 3.89. The highest BCUT2D eigenvalue weighted by molar-refractivity contribution is 6.12. The summed E-state index contributed by atoms with van der Waals surface area (Å²) < 4.78 is 9.04. The number of nitrogens with zero attached hydrogens (tertiary/aromatic N) is 4. The van der Waals surface area contributed by atoms with Crippen LogP contribution in [0.4, 0.5) is 0 Å². The van der Waals surface area contributed by atoms with Gasteiger partial charge in [-0.2, -0.15) is 0 Å². The third-order valence-electron chi connectivity index (χ3n) is 11.9. The fourth-order valence-corrected chi connectivity index (χ4v) is 8.75. The second-order valence-corrected chi connectivity index (χ2v) is 15.6. The molecular formula is C57H36N4O. The molecule has 0 bridgehead atoms. The van der Waals surface area contributed by atoms with E-state index in [0.29, 0.717) is 17.5 Å². The Balaban J connectivity index is 0.933. The molecule has 0 unspecified atom stereocenters. The highest BCUT2D eigenvalue weighted by Gasteiger charge is 2.18. The molecule has 3 heterocycles. The molecule has 0 radical (unpaired) electrons. The number of hydrogen-bond acceptors (Lipinski definition) is 4. The normalized spacial score (nSPS) is 11.5. The van der Waals surface area contributed by atoms with E-state index in [1.54, 1.807) is 0 Å². The first-order chi connectivity index (χ1) is 30.7. The zero-order valence-electron chi connectivity index (χ0n) is 33.5. The van der Waals surface area contributed by atoms with Gasteiger partial charge in [-0.25, -0.2) is 15.0 Å². The first-order valence-electron chi connectivity index (χ1n) is 20.8. The number of benzene rings is 9. The Bertz CT molecular complexity index is 3600. The van der Waals surface area contributed by atoms with Gasteiger partial charge in [0.25, 0.3) is 0 Å². The van der Waals surface area contributed by atoms with E-state index in [4.69, 9.17) is 19.4 Å². The summed E-state index contributed by atoms with van der Waals surface area (Å²) in [6.45, 7) is 0. The number of hydrogen-bond donors (Lipinski definition) is 0. The van der Waals surface area contributed by atoms with Crippen LogP contribution in [0.2, 0.25) is 0 Å². The summed E-state index contributed by atoms with van der Waals surface area (Å²) in [6.07, 6.45) is 0. The fraction of sp³-hybridized carbons (Fsp3) is 0. The molecule has 5 heteroatoms. The smallest absolute Gasteiger partial charge is 0.164 e. The lowest BCUT2D eigenvalue weighted by atomic mass is 10.00. The average molecular weight is 793 g/mol. The third-order valence-corrected chi connectivity index (χ3v) is 11.9. The molecule has 0 amide bonds. The summed E-state index contributed by atoms with van der Waals surface area (Å²) in [4.78, 5) is 15.0. The first-order valence-corrected chi connectivity index (χ1v) is 20.8. The van der Waals surface area contributed by atoms with Crippen LogP contribution >= 0.6 is 0 Å². The predicted octanol–water partition coefficient (Wildman–Crippen LogP) is 14.9. The Kier molecular flexibility index (Phi) is 8.42. The Morgan fingerprint density at radius 3 is 1.31 bits per heavy atom. The van der Waals surface area contributed by atoms with Gasteiger partial charge in [-0.05, 0) is 88.0 Å². The second-order valence-electron chi connectivity index (χ2n) is 15.6. The minimum absolute atomic E-state index is 0.586. The van der Waals surface area contributed by atoms with Crippen LogP contribution in [0.1, 0.15) is 0 Å². The molecule has 0 aliphatic heterocycles. The molecule has 0 atom stereocenters. The Morgan fingerprint density at radius 2 is 0.677 bits per heavy atom. The zero-order valence-corrected chi connectivity index (χ0v) is 33.5. The zero-order chi connectivity index (χ0) is 41.0. The molecule has 0 N–H and O–H groups in total. The van der Waals surface area contributed by atoms with Gasteiger partial charge < -0.3 is 8.98 Å². The maximum absolute atomic E-state index is 6.66. The van der Waals surface area contributed by atoms with Gasteiger partial charge in [0.2, 0.25) is 0 Å². The van der Waals surface area contributed by atoms with Crippen molar-refractivity contribution in [2.24, 2.45) is 0 Å². The second kappa shape index (κ2) is 14.7. The number of rotatable bonds is 7. The van der Waals surface area contributed by atoms with Crippen LogP contribution in [0.15, 0.2) is 223 Å². The van der Waals surface area contributed by atoms with Crippen LogP contribution < -0.4 is 0 Å². The third kappa shape index (κ3) is 6.23. The molecular weight excluding hydrogens is 757 g/mol. The van der Waals surface area contributed by atoms with Gasteiger partial charge in [-0.1, -0.05) is 164 Å². The fourth-order valence-electron chi connectivity index (χ4n) is 8.75. The minimum atomic E-state index is 0.586. The summed E-state index contributed by atoms with van der Waals surface area (Å²) in [6, 6.07) is 76.4. The van der Waals surface area contributed by atoms with Gasteiger partial charge in [0.15, 0.2) is 17.5 Å². The van der Waals surface area contributed by atoms with Gasteiger partial charge in [-0.3, -0.25) is 0 Å². The first kappa shape index (κ1) is 35.5. The van der Waals surface area contributed by atoms with Crippen molar-refractivity contribution in [1.29, 1.82) is 0 Å². The van der Waals surface area contributed by atoms with Crippen molar-refractivity contribution in [2.75, 3.05) is 0 Å². The van der Waals surface area contributed by atoms with Crippen molar-refractivity contribution < 1.29 is 4.42 Å². The van der Waals surface area contributed by atoms with Crippen molar-refractivity contribution in [3.63, 3.8) is 0 Å². The van der Waals surface area contributed by atoms with Crippen LogP contribution in [-0.4, -0.2) is 19.5 Å². The molecule has 9 aromatic carbocycles. The van der Waals surface area contributed by atoms with E-state index in [1.807, 2.05) is 36.4 Å². The summed E-state index contributed by atoms with van der Waals surface area (Å²) in [5, 5.41) is 4.52. The highest BCUT2D eigenvalue weighted by Crippen LogP contribution is 2.39. The highest BCUT2D eigenvalue weighted by atomic mass is 16.3. The Morgan fingerprint density at radius 1 is 0.274 bits per heavy atom. The van der Waals surface area contributed by atoms with Crippen LogP contribution in [0.25, 0.3) is 117 Å². The predicted molar refractivity (Wildman–Crippen MR) is 254 cm³/mol. The van der Waals surface area contributed by atoms with Gasteiger partial charge in [0, 0.05) is 43.9 Å². The maximum Gasteiger partial charge on any atom is 0.164 e. The van der Waals surface area contributed by atoms with Crippen LogP contribution in [0.3, 0.4) is 0 Å². The van der Waals surface area contributed by atoms with Gasteiger partial charge >= 0.3 is 0 Å². The summed E-state index contributed by atoms with van der Waals surface area (Å²) in [7, 11) is 0. The SMILES string of the molecule is c1ccc(-c2ccc(-c3nc(-c4ccccc4)nc(-c4ccc5c(c4)oc4cc(-c6ccc7c(c6)c6ccc(-c8ccccc8)cc6n7-c6ccccc6)ccc45)n3)cc2)cc1. The molecule has 12 aromatic rings. The minimum Gasteiger partial charge on any atom is -0.456 e. The van der Waals surface area contributed by atoms with Crippen LogP contribution in [0, 0.1) is 0 Å². The van der Waals surface area contributed by atoms with E-state index < -0.39 is 0 Å². The van der Waals surface area contributed by atoms with Crippen molar-refractivity contribution in [3.8, 4) is 73.2 Å². The molecule has 0 saturated carbocycles. The Labute approximate surface area is 357 Å². The monoisotopic (exact) mass is 792 g/mol. The van der Waals surface area contributed by atoms with Gasteiger partial charge in [0.05, 0.1) is 11.0 Å². The molecule has 290 valence electrons. The molecule has 0 aliphatic rings. The Hall–Kier alpha value is -8.41. The van der Waals surface area contributed by atoms with Gasteiger partial charge in [-0.15, -0.1) is 0 Å². The van der Waals surface area contributed by atoms with E-state index in [1.165, 1.54) is 32.9 Å². The van der Waals surface area contributed by atoms with Crippen LogP contribution in [0.5, 0.6) is 0 Å². The lowest BCUT2D eigenvalue weighted by molar-refractivity contribution is 0.669. The maximum atomic E-state index is 6.66. The summed E-state index contributed by atoms with van der Waals surface area (Å²) in [5.41, 5.74) is 14.7. The number of aromatic nitrogens is 4. The van der Waals surface area contributed by atoms with Crippen molar-refractivity contribution in [1.82, 2.24) is 19.5 Å². The summed E-state index contributed by atoms with van der Waals surface area (Å²) >= 11 is 0. The molecule has 0 aliphatic carbocycles. The number of fused-ring (bicyclic) bond motifs is 6. The molecule has 62 heavy (non-hydrogen) atoms. The standard InChI is InChI=1S/C57H36N4O/c1-5-13-37(14-6-1)39-21-23-41(24-22-39)56-58-55(40-17-9-3-10-18-40)59-57(60-56)45-27-31-49-48-30-26-44(35-53(48)62-54(49)36-45)42-28-32-51-50(33-42)47-29-25-43(38-15-7-2-8-16-38)34-52(47)61(51)46-19-11-4-12-20-46/h1-36H. The van der Waals surface area contributed by atoms with E-state index >= 15 is 0 Å². The molecule has 12 rings (SSSR count). The number of para-hydroxylation sites is 1. The topological polar surface area (TPSA) is 56.7 Å². The van der Waals surface area contributed by atoms with E-state index in [0.717, 1.165) is 66.6 Å². The van der Waals surface area contributed by atoms with Crippen molar-refractivity contribution in [3.05, 3.63) is 218 Å². The molecule has 0 spiro atoms. The van der Waals surface area contributed by atoms with Crippen LogP contribution in [-0.2, 0) is 0 Å². The van der Waals surface area contributed by atoms with Crippen molar-refractivity contribution >= 4 is 43.7 Å². The van der Waals surface area contributed by atoms with E-state index in [2.05, 4.69) is 187 Å². The lowest BCUT2D eigenvalue weighted by Crippen LogP contribution is -2.00. The van der Waals surface area contributed by atoms with Gasteiger partial charge in [0.1, 0.15) is 11.2 Å². The largest absolute Gasteiger partial charge is 0.456 e. The molecule has 3 aromatic heterocycles. The lowest BCUT2D eigenvalue weighted by Gasteiger charge is -2.09. The van der Waals surface area contributed by atoms with Crippen molar-refractivity contribution in [2.45, 2.75) is 0 Å². The quantitative estimate of drug-likeness (QED) is 0.161. The van der Waals surface area contributed by atoms with E-state index in [-0.39, 0.29) is 0 Å². The number of furan rings is 1.